The molecular formula is C16H15BrN2O2. The standard InChI is InChI=1S/C16H15BrN2O2/c17-13-5-4-12(14-11(13)3-1-7-19-14)15(20)16(9-18)6-2-8-21-10-16/h1,3-5,7,15,20H,2,6,8,10H2. The zero-order valence-corrected chi connectivity index (χ0v) is 13.0. The fraction of sp³-hybridized carbons (Fsp3) is 0.375. The molecule has 0 radical (unpaired) electrons. The third-order valence-electron chi connectivity index (χ3n) is 4.06. The van der Waals surface area contributed by atoms with Crippen LogP contribution in [0, 0.1) is 16.7 Å². The molecule has 0 aliphatic carbocycles. The zero-order chi connectivity index (χ0) is 14.9. The van der Waals surface area contributed by atoms with Crippen molar-refractivity contribution >= 4 is 26.8 Å². The molecule has 3 rings (SSSR count). The highest BCUT2D eigenvalue weighted by atomic mass is 79.9. The van der Waals surface area contributed by atoms with Gasteiger partial charge in [0.1, 0.15) is 11.5 Å². The predicted molar refractivity (Wildman–Crippen MR) is 82.5 cm³/mol. The van der Waals surface area contributed by atoms with Crippen LogP contribution in [0.3, 0.4) is 0 Å². The van der Waals surface area contributed by atoms with Gasteiger partial charge in [-0.3, -0.25) is 4.98 Å². The fourth-order valence-corrected chi connectivity index (χ4v) is 3.31. The van der Waals surface area contributed by atoms with Crippen LogP contribution >= 0.6 is 15.9 Å². The molecule has 5 heteroatoms. The first kappa shape index (κ1) is 14.5. The third kappa shape index (κ3) is 2.44. The number of aliphatic hydroxyl groups excluding tert-OH is 1. The van der Waals surface area contributed by atoms with Crippen molar-refractivity contribution < 1.29 is 9.84 Å². The van der Waals surface area contributed by atoms with Crippen molar-refractivity contribution in [3.05, 3.63) is 40.5 Å². The first-order chi connectivity index (χ1) is 10.2. The average molecular weight is 347 g/mol. The molecule has 0 spiro atoms. The van der Waals surface area contributed by atoms with Gasteiger partial charge in [0.15, 0.2) is 0 Å². The van der Waals surface area contributed by atoms with Crippen LogP contribution in [-0.4, -0.2) is 23.3 Å². The van der Waals surface area contributed by atoms with Gasteiger partial charge in [0.2, 0.25) is 0 Å². The quantitative estimate of drug-likeness (QED) is 0.905. The lowest BCUT2D eigenvalue weighted by atomic mass is 9.75. The van der Waals surface area contributed by atoms with E-state index >= 15 is 0 Å². The first-order valence-corrected chi connectivity index (χ1v) is 7.67. The second kappa shape index (κ2) is 5.72. The molecule has 1 aromatic carbocycles. The lowest BCUT2D eigenvalue weighted by Crippen LogP contribution is -2.36. The number of hydrogen-bond donors (Lipinski definition) is 1. The maximum atomic E-state index is 10.8. The molecule has 0 saturated carbocycles. The molecule has 1 fully saturated rings. The number of nitrogens with zero attached hydrogens (tertiary/aromatic N) is 2. The second-order valence-electron chi connectivity index (χ2n) is 5.36. The molecule has 0 amide bonds. The van der Waals surface area contributed by atoms with E-state index in [1.807, 2.05) is 24.3 Å². The Kier molecular flexibility index (Phi) is 3.94. The molecule has 1 N–H and O–H groups in total. The Morgan fingerprint density at radius 1 is 1.43 bits per heavy atom. The minimum absolute atomic E-state index is 0.259. The van der Waals surface area contributed by atoms with Crippen LogP contribution in [0.5, 0.6) is 0 Å². The van der Waals surface area contributed by atoms with E-state index in [0.717, 1.165) is 21.8 Å². The summed E-state index contributed by atoms with van der Waals surface area (Å²) in [4.78, 5) is 4.38. The number of rotatable bonds is 2. The Morgan fingerprint density at radius 3 is 3.00 bits per heavy atom. The average Bonchev–Trinajstić information content (AvgIpc) is 2.55. The Balaban J connectivity index is 2.12. The molecule has 2 aromatic rings. The number of fused-ring (bicyclic) bond motifs is 1. The number of aliphatic hydroxyl groups is 1. The highest BCUT2D eigenvalue weighted by molar-refractivity contribution is 9.10. The van der Waals surface area contributed by atoms with Crippen molar-refractivity contribution in [2.75, 3.05) is 13.2 Å². The van der Waals surface area contributed by atoms with E-state index < -0.39 is 11.5 Å². The number of hydrogen-bond acceptors (Lipinski definition) is 4. The minimum atomic E-state index is -0.909. The van der Waals surface area contributed by atoms with Crippen molar-refractivity contribution in [2.24, 2.45) is 5.41 Å². The monoisotopic (exact) mass is 346 g/mol. The van der Waals surface area contributed by atoms with Gasteiger partial charge in [0, 0.05) is 28.2 Å². The van der Waals surface area contributed by atoms with E-state index in [4.69, 9.17) is 4.74 Å². The fourth-order valence-electron chi connectivity index (χ4n) is 2.86. The maximum Gasteiger partial charge on any atom is 0.111 e. The molecule has 0 bridgehead atoms. The molecule has 2 atom stereocenters. The molecule has 2 heterocycles. The van der Waals surface area contributed by atoms with Crippen LogP contribution in [0.4, 0.5) is 0 Å². The summed E-state index contributed by atoms with van der Waals surface area (Å²) in [6, 6.07) is 9.80. The van der Waals surface area contributed by atoms with Gasteiger partial charge in [-0.2, -0.15) is 5.26 Å². The largest absolute Gasteiger partial charge is 0.387 e. The summed E-state index contributed by atoms with van der Waals surface area (Å²) < 4.78 is 6.37. The second-order valence-corrected chi connectivity index (χ2v) is 6.22. The Morgan fingerprint density at radius 2 is 2.29 bits per heavy atom. The summed E-state index contributed by atoms with van der Waals surface area (Å²) >= 11 is 3.50. The highest BCUT2D eigenvalue weighted by Gasteiger charge is 2.42. The van der Waals surface area contributed by atoms with Gasteiger partial charge < -0.3 is 9.84 Å². The number of halogens is 1. The highest BCUT2D eigenvalue weighted by Crippen LogP contribution is 2.42. The van der Waals surface area contributed by atoms with Crippen LogP contribution in [-0.2, 0) is 4.74 Å². The summed E-state index contributed by atoms with van der Waals surface area (Å²) in [6.07, 6.45) is 2.21. The summed E-state index contributed by atoms with van der Waals surface area (Å²) in [5.41, 5.74) is 0.511. The maximum absolute atomic E-state index is 10.8. The van der Waals surface area contributed by atoms with E-state index in [0.29, 0.717) is 18.6 Å². The van der Waals surface area contributed by atoms with Crippen LogP contribution < -0.4 is 0 Å². The number of pyridine rings is 1. The third-order valence-corrected chi connectivity index (χ3v) is 4.75. The summed E-state index contributed by atoms with van der Waals surface area (Å²) in [5.74, 6) is 0. The van der Waals surface area contributed by atoms with Gasteiger partial charge in [-0.15, -0.1) is 0 Å². The topological polar surface area (TPSA) is 66.1 Å². The normalized spacial score (nSPS) is 23.7. The van der Waals surface area contributed by atoms with E-state index in [2.05, 4.69) is 27.0 Å². The van der Waals surface area contributed by atoms with Gasteiger partial charge in [-0.05, 0) is 25.0 Å². The van der Waals surface area contributed by atoms with Crippen molar-refractivity contribution in [1.82, 2.24) is 4.98 Å². The minimum Gasteiger partial charge on any atom is -0.387 e. The SMILES string of the molecule is N#CC1(C(O)c2ccc(Br)c3cccnc23)CCCOC1. The van der Waals surface area contributed by atoms with Crippen molar-refractivity contribution in [3.63, 3.8) is 0 Å². The van der Waals surface area contributed by atoms with E-state index in [-0.39, 0.29) is 6.61 Å². The smallest absolute Gasteiger partial charge is 0.111 e. The lowest BCUT2D eigenvalue weighted by molar-refractivity contribution is -0.0501. The molecule has 1 aromatic heterocycles. The van der Waals surface area contributed by atoms with Gasteiger partial charge in [0.25, 0.3) is 0 Å². The molecule has 1 aliphatic rings. The van der Waals surface area contributed by atoms with Gasteiger partial charge >= 0.3 is 0 Å². The summed E-state index contributed by atoms with van der Waals surface area (Å²) in [5, 5.41) is 21.3. The lowest BCUT2D eigenvalue weighted by Gasteiger charge is -2.35. The number of ether oxygens (including phenoxy) is 1. The van der Waals surface area contributed by atoms with Crippen molar-refractivity contribution in [2.45, 2.75) is 18.9 Å². The molecule has 108 valence electrons. The van der Waals surface area contributed by atoms with Crippen molar-refractivity contribution in [1.29, 1.82) is 5.26 Å². The predicted octanol–water partition coefficient (Wildman–Crippen LogP) is 3.35. The van der Waals surface area contributed by atoms with E-state index in [1.165, 1.54) is 0 Å². The van der Waals surface area contributed by atoms with Gasteiger partial charge in [-0.1, -0.05) is 28.1 Å². The molecule has 1 aliphatic heterocycles. The zero-order valence-electron chi connectivity index (χ0n) is 11.4. The number of aromatic nitrogens is 1. The molecule has 21 heavy (non-hydrogen) atoms. The van der Waals surface area contributed by atoms with Gasteiger partial charge in [0.05, 0.1) is 18.2 Å². The number of nitriles is 1. The van der Waals surface area contributed by atoms with Crippen LogP contribution in [0.2, 0.25) is 0 Å². The van der Waals surface area contributed by atoms with Crippen LogP contribution in [0.25, 0.3) is 10.9 Å². The molecule has 4 nitrogen and oxygen atoms in total. The summed E-state index contributed by atoms with van der Waals surface area (Å²) in [6.45, 7) is 0.907. The van der Waals surface area contributed by atoms with Crippen molar-refractivity contribution in [3.8, 4) is 6.07 Å². The Hall–Kier alpha value is -1.48. The van der Waals surface area contributed by atoms with Crippen LogP contribution in [0.15, 0.2) is 34.9 Å². The van der Waals surface area contributed by atoms with Gasteiger partial charge in [-0.25, -0.2) is 0 Å². The summed E-state index contributed by atoms with van der Waals surface area (Å²) in [7, 11) is 0. The Bertz CT molecular complexity index is 705. The van der Waals surface area contributed by atoms with Crippen LogP contribution in [0.1, 0.15) is 24.5 Å². The molecule has 1 saturated heterocycles. The molecular weight excluding hydrogens is 332 g/mol. The van der Waals surface area contributed by atoms with E-state index in [9.17, 15) is 10.4 Å². The van der Waals surface area contributed by atoms with E-state index in [1.54, 1.807) is 6.20 Å². The first-order valence-electron chi connectivity index (χ1n) is 6.88. The Labute approximate surface area is 131 Å². The molecule has 2 unspecified atom stereocenters. The number of benzene rings is 1.